The molecule has 14 heavy (non-hydrogen) atoms. The second kappa shape index (κ2) is 5.69. The fourth-order valence-electron chi connectivity index (χ4n) is 2.05. The Morgan fingerprint density at radius 2 is 2.00 bits per heavy atom. The highest BCUT2D eigenvalue weighted by molar-refractivity contribution is 4.86. The lowest BCUT2D eigenvalue weighted by Gasteiger charge is -2.22. The van der Waals surface area contributed by atoms with Crippen LogP contribution >= 0.6 is 0 Å². The van der Waals surface area contributed by atoms with E-state index in [0.717, 1.165) is 45.1 Å². The molecule has 1 fully saturated rings. The minimum absolute atomic E-state index is 0.202. The molecule has 0 amide bonds. The van der Waals surface area contributed by atoms with Crippen LogP contribution in [0.1, 0.15) is 45.4 Å². The van der Waals surface area contributed by atoms with Gasteiger partial charge in [0.1, 0.15) is 0 Å². The molecule has 1 saturated carbocycles. The second-order valence-electron chi connectivity index (χ2n) is 4.60. The molecule has 0 heterocycles. The van der Waals surface area contributed by atoms with E-state index in [2.05, 4.69) is 5.32 Å². The SMILES string of the molecule is CC(O)CCCNCC1(O)CCCC1. The zero-order chi connectivity index (χ0) is 10.4. The number of hydrogen-bond acceptors (Lipinski definition) is 3. The summed E-state index contributed by atoms with van der Waals surface area (Å²) in [4.78, 5) is 0. The van der Waals surface area contributed by atoms with Gasteiger partial charge in [-0.25, -0.2) is 0 Å². The summed E-state index contributed by atoms with van der Waals surface area (Å²) < 4.78 is 0. The maximum Gasteiger partial charge on any atom is 0.0771 e. The van der Waals surface area contributed by atoms with Gasteiger partial charge in [-0.05, 0) is 39.2 Å². The highest BCUT2D eigenvalue weighted by atomic mass is 16.3. The van der Waals surface area contributed by atoms with Gasteiger partial charge in [0.2, 0.25) is 0 Å². The van der Waals surface area contributed by atoms with Crippen molar-refractivity contribution in [2.45, 2.75) is 57.2 Å². The molecule has 0 spiro atoms. The molecule has 3 N–H and O–H groups in total. The van der Waals surface area contributed by atoms with Crippen molar-refractivity contribution in [1.29, 1.82) is 0 Å². The Hall–Kier alpha value is -0.120. The average Bonchev–Trinajstić information content (AvgIpc) is 2.51. The van der Waals surface area contributed by atoms with Crippen molar-refractivity contribution in [3.8, 4) is 0 Å². The molecule has 0 bridgehead atoms. The number of aliphatic hydroxyl groups is 2. The third kappa shape index (κ3) is 4.40. The topological polar surface area (TPSA) is 52.5 Å². The van der Waals surface area contributed by atoms with Gasteiger partial charge >= 0.3 is 0 Å². The van der Waals surface area contributed by atoms with Gasteiger partial charge in [0.25, 0.3) is 0 Å². The van der Waals surface area contributed by atoms with Crippen LogP contribution in [0.2, 0.25) is 0 Å². The molecular formula is C11H23NO2. The Morgan fingerprint density at radius 3 is 2.57 bits per heavy atom. The quantitative estimate of drug-likeness (QED) is 0.563. The summed E-state index contributed by atoms with van der Waals surface area (Å²) >= 11 is 0. The Balaban J connectivity index is 1.98. The summed E-state index contributed by atoms with van der Waals surface area (Å²) in [5.74, 6) is 0. The molecule has 3 nitrogen and oxygen atoms in total. The molecule has 84 valence electrons. The van der Waals surface area contributed by atoms with Gasteiger partial charge < -0.3 is 15.5 Å². The van der Waals surface area contributed by atoms with E-state index < -0.39 is 5.60 Å². The molecule has 0 aromatic heterocycles. The third-order valence-electron chi connectivity index (χ3n) is 2.96. The average molecular weight is 201 g/mol. The Kier molecular flexibility index (Phi) is 4.85. The molecule has 1 aliphatic carbocycles. The molecule has 1 aliphatic rings. The summed E-state index contributed by atoms with van der Waals surface area (Å²) in [7, 11) is 0. The van der Waals surface area contributed by atoms with Crippen LogP contribution in [-0.4, -0.2) is 35.0 Å². The van der Waals surface area contributed by atoms with Crippen molar-refractivity contribution in [1.82, 2.24) is 5.32 Å². The highest BCUT2D eigenvalue weighted by Gasteiger charge is 2.30. The molecule has 3 heteroatoms. The minimum Gasteiger partial charge on any atom is -0.393 e. The van der Waals surface area contributed by atoms with Crippen LogP contribution in [0.4, 0.5) is 0 Å². The van der Waals surface area contributed by atoms with E-state index >= 15 is 0 Å². The van der Waals surface area contributed by atoms with Crippen LogP contribution in [0, 0.1) is 0 Å². The van der Waals surface area contributed by atoms with E-state index in [9.17, 15) is 5.11 Å². The van der Waals surface area contributed by atoms with Crippen LogP contribution in [0.15, 0.2) is 0 Å². The summed E-state index contributed by atoms with van der Waals surface area (Å²) in [6, 6.07) is 0. The Morgan fingerprint density at radius 1 is 1.36 bits per heavy atom. The van der Waals surface area contributed by atoms with Gasteiger partial charge in [-0.1, -0.05) is 12.8 Å². The van der Waals surface area contributed by atoms with Crippen molar-refractivity contribution >= 4 is 0 Å². The number of nitrogens with one attached hydrogen (secondary N) is 1. The van der Waals surface area contributed by atoms with Crippen molar-refractivity contribution in [3.63, 3.8) is 0 Å². The number of rotatable bonds is 6. The molecule has 1 rings (SSSR count). The van der Waals surface area contributed by atoms with Gasteiger partial charge in [0, 0.05) is 6.54 Å². The maximum absolute atomic E-state index is 9.99. The molecular weight excluding hydrogens is 178 g/mol. The Bertz CT molecular complexity index is 153. The molecule has 0 aromatic carbocycles. The summed E-state index contributed by atoms with van der Waals surface area (Å²) in [6.45, 7) is 3.42. The molecule has 0 aromatic rings. The Labute approximate surface area is 86.5 Å². The molecule has 0 aliphatic heterocycles. The lowest BCUT2D eigenvalue weighted by molar-refractivity contribution is 0.0476. The first-order chi connectivity index (χ1) is 6.62. The lowest BCUT2D eigenvalue weighted by Crippen LogP contribution is -2.38. The number of hydrogen-bond donors (Lipinski definition) is 3. The smallest absolute Gasteiger partial charge is 0.0771 e. The fraction of sp³-hybridized carbons (Fsp3) is 1.00. The molecule has 1 atom stereocenters. The molecule has 0 saturated heterocycles. The van der Waals surface area contributed by atoms with Crippen LogP contribution < -0.4 is 5.32 Å². The summed E-state index contributed by atoms with van der Waals surface area (Å²) in [5.41, 5.74) is -0.440. The van der Waals surface area contributed by atoms with Crippen LogP contribution in [0.3, 0.4) is 0 Å². The van der Waals surface area contributed by atoms with Crippen LogP contribution in [0.5, 0.6) is 0 Å². The van der Waals surface area contributed by atoms with Crippen LogP contribution in [-0.2, 0) is 0 Å². The van der Waals surface area contributed by atoms with E-state index in [-0.39, 0.29) is 6.10 Å². The predicted molar refractivity (Wildman–Crippen MR) is 57.2 cm³/mol. The van der Waals surface area contributed by atoms with Gasteiger partial charge in [-0.15, -0.1) is 0 Å². The fourth-order valence-corrected chi connectivity index (χ4v) is 2.05. The van der Waals surface area contributed by atoms with E-state index in [1.54, 1.807) is 0 Å². The van der Waals surface area contributed by atoms with Gasteiger partial charge in [-0.2, -0.15) is 0 Å². The van der Waals surface area contributed by atoms with E-state index in [4.69, 9.17) is 5.11 Å². The van der Waals surface area contributed by atoms with Crippen molar-refractivity contribution in [2.75, 3.05) is 13.1 Å². The van der Waals surface area contributed by atoms with Gasteiger partial charge in [0.15, 0.2) is 0 Å². The largest absolute Gasteiger partial charge is 0.393 e. The first kappa shape index (κ1) is 12.0. The third-order valence-corrected chi connectivity index (χ3v) is 2.96. The zero-order valence-corrected chi connectivity index (χ0v) is 9.13. The first-order valence-electron chi connectivity index (χ1n) is 5.74. The standard InChI is InChI=1S/C11H23NO2/c1-10(13)5-4-8-12-9-11(14)6-2-3-7-11/h10,12-14H,2-9H2,1H3. The molecule has 1 unspecified atom stereocenters. The molecule has 0 radical (unpaired) electrons. The van der Waals surface area contributed by atoms with Crippen molar-refractivity contribution in [2.24, 2.45) is 0 Å². The van der Waals surface area contributed by atoms with E-state index in [1.165, 1.54) is 0 Å². The minimum atomic E-state index is -0.440. The van der Waals surface area contributed by atoms with Gasteiger partial charge in [-0.3, -0.25) is 0 Å². The second-order valence-corrected chi connectivity index (χ2v) is 4.60. The predicted octanol–water partition coefficient (Wildman–Crippen LogP) is 1.04. The lowest BCUT2D eigenvalue weighted by atomic mass is 10.0. The van der Waals surface area contributed by atoms with Crippen molar-refractivity contribution < 1.29 is 10.2 Å². The maximum atomic E-state index is 9.99. The summed E-state index contributed by atoms with van der Waals surface area (Å²) in [5, 5.41) is 22.3. The van der Waals surface area contributed by atoms with Crippen LogP contribution in [0.25, 0.3) is 0 Å². The normalized spacial score (nSPS) is 22.5. The number of aliphatic hydroxyl groups excluding tert-OH is 1. The summed E-state index contributed by atoms with van der Waals surface area (Å²) in [6.07, 6.45) is 5.82. The first-order valence-corrected chi connectivity index (χ1v) is 5.74. The monoisotopic (exact) mass is 201 g/mol. The van der Waals surface area contributed by atoms with E-state index in [1.807, 2.05) is 6.92 Å². The van der Waals surface area contributed by atoms with E-state index in [0.29, 0.717) is 6.54 Å². The highest BCUT2D eigenvalue weighted by Crippen LogP contribution is 2.28. The van der Waals surface area contributed by atoms with Gasteiger partial charge in [0.05, 0.1) is 11.7 Å². The zero-order valence-electron chi connectivity index (χ0n) is 9.13. The van der Waals surface area contributed by atoms with Crippen molar-refractivity contribution in [3.05, 3.63) is 0 Å².